The van der Waals surface area contributed by atoms with Crippen molar-refractivity contribution in [2.45, 2.75) is 13.3 Å². The number of nitrogens with one attached hydrogen (secondary N) is 1. The van der Waals surface area contributed by atoms with Crippen LogP contribution in [0.5, 0.6) is 11.5 Å². The Hall–Kier alpha value is -1.97. The van der Waals surface area contributed by atoms with E-state index in [4.69, 9.17) is 4.74 Å². The fourth-order valence-corrected chi connectivity index (χ4v) is 1.52. The van der Waals surface area contributed by atoms with Gasteiger partial charge in [-0.3, -0.25) is 0 Å². The lowest BCUT2D eigenvalue weighted by atomic mass is 10.2. The van der Waals surface area contributed by atoms with E-state index < -0.39 is 0 Å². The number of hydrogen-bond donors (Lipinski definition) is 2. The highest BCUT2D eigenvalue weighted by atomic mass is 16.5. The van der Waals surface area contributed by atoms with Crippen molar-refractivity contribution in [2.24, 2.45) is 0 Å². The number of H-pyrrole nitrogens is 1. The second kappa shape index (κ2) is 4.26. The average Bonchev–Trinajstić information content (AvgIpc) is 2.77. The molecule has 0 spiro atoms. The van der Waals surface area contributed by atoms with E-state index in [0.717, 1.165) is 12.1 Å². The van der Waals surface area contributed by atoms with Gasteiger partial charge in [0.15, 0.2) is 0 Å². The average molecular weight is 218 g/mol. The number of nitrogens with zero attached hydrogens (tertiary/aromatic N) is 1. The predicted molar refractivity (Wildman–Crippen MR) is 61.6 cm³/mol. The van der Waals surface area contributed by atoms with Crippen molar-refractivity contribution in [3.05, 3.63) is 30.1 Å². The van der Waals surface area contributed by atoms with Crippen LogP contribution >= 0.6 is 0 Å². The largest absolute Gasteiger partial charge is 0.507 e. The van der Waals surface area contributed by atoms with Crippen LogP contribution in [0.3, 0.4) is 0 Å². The van der Waals surface area contributed by atoms with Crippen LogP contribution in [0.2, 0.25) is 0 Å². The molecule has 0 unspecified atom stereocenters. The summed E-state index contributed by atoms with van der Waals surface area (Å²) in [4.78, 5) is 7.40. The zero-order valence-corrected chi connectivity index (χ0v) is 9.32. The van der Waals surface area contributed by atoms with E-state index in [1.165, 1.54) is 0 Å². The van der Waals surface area contributed by atoms with E-state index in [2.05, 4.69) is 9.97 Å². The van der Waals surface area contributed by atoms with Crippen molar-refractivity contribution in [3.63, 3.8) is 0 Å². The van der Waals surface area contributed by atoms with Crippen molar-refractivity contribution >= 4 is 0 Å². The Labute approximate surface area is 93.9 Å². The van der Waals surface area contributed by atoms with Crippen molar-refractivity contribution < 1.29 is 9.84 Å². The first-order valence-electron chi connectivity index (χ1n) is 5.16. The van der Waals surface area contributed by atoms with Gasteiger partial charge in [0, 0.05) is 12.3 Å². The highest BCUT2D eigenvalue weighted by Gasteiger charge is 2.08. The third-order valence-corrected chi connectivity index (χ3v) is 2.45. The fraction of sp³-hybridized carbons (Fsp3) is 0.250. The van der Waals surface area contributed by atoms with Gasteiger partial charge in [-0.05, 0) is 18.6 Å². The number of aromatic hydroxyl groups is 1. The molecule has 4 heteroatoms. The van der Waals surface area contributed by atoms with E-state index in [1.807, 2.05) is 13.1 Å². The van der Waals surface area contributed by atoms with Gasteiger partial charge < -0.3 is 14.8 Å². The molecule has 4 nitrogen and oxygen atoms in total. The summed E-state index contributed by atoms with van der Waals surface area (Å²) >= 11 is 0. The lowest BCUT2D eigenvalue weighted by molar-refractivity contribution is 0.408. The standard InChI is InChI=1S/C12H14N2O2/c1-3-8-7-13-12(14-8)10-5-4-9(16-2)6-11(10)15/h4-7,15H,3H2,1-2H3,(H,13,14). The Kier molecular flexibility index (Phi) is 2.81. The van der Waals surface area contributed by atoms with Gasteiger partial charge in [-0.2, -0.15) is 0 Å². The van der Waals surface area contributed by atoms with Gasteiger partial charge >= 0.3 is 0 Å². The highest BCUT2D eigenvalue weighted by molar-refractivity contribution is 5.65. The van der Waals surface area contributed by atoms with E-state index in [-0.39, 0.29) is 5.75 Å². The molecule has 2 N–H and O–H groups in total. The molecule has 0 saturated heterocycles. The number of phenols is 1. The van der Waals surface area contributed by atoms with Crippen LogP contribution in [-0.4, -0.2) is 22.2 Å². The Morgan fingerprint density at radius 3 is 2.81 bits per heavy atom. The lowest BCUT2D eigenvalue weighted by Crippen LogP contribution is -1.86. The summed E-state index contributed by atoms with van der Waals surface area (Å²) in [5.74, 6) is 1.47. The fourth-order valence-electron chi connectivity index (χ4n) is 1.52. The van der Waals surface area contributed by atoms with E-state index in [1.54, 1.807) is 25.3 Å². The Morgan fingerprint density at radius 1 is 1.44 bits per heavy atom. The number of aryl methyl sites for hydroxylation is 1. The van der Waals surface area contributed by atoms with Crippen LogP contribution in [0.1, 0.15) is 12.6 Å². The first-order valence-corrected chi connectivity index (χ1v) is 5.16. The number of phenolic OH excluding ortho intramolecular Hbond substituents is 1. The second-order valence-electron chi connectivity index (χ2n) is 3.48. The van der Waals surface area contributed by atoms with Gasteiger partial charge in [0.2, 0.25) is 0 Å². The Bertz CT molecular complexity index is 492. The molecule has 0 aliphatic heterocycles. The van der Waals surface area contributed by atoms with E-state index >= 15 is 0 Å². The molecule has 0 bridgehead atoms. The third kappa shape index (κ3) is 1.86. The van der Waals surface area contributed by atoms with Crippen LogP contribution < -0.4 is 4.74 Å². The minimum absolute atomic E-state index is 0.163. The molecule has 0 amide bonds. The molecule has 0 saturated carbocycles. The van der Waals surface area contributed by atoms with Crippen molar-refractivity contribution in [1.82, 2.24) is 9.97 Å². The van der Waals surface area contributed by atoms with Gasteiger partial charge in [-0.15, -0.1) is 0 Å². The van der Waals surface area contributed by atoms with E-state index in [0.29, 0.717) is 17.1 Å². The van der Waals surface area contributed by atoms with Crippen LogP contribution in [-0.2, 0) is 6.42 Å². The molecule has 16 heavy (non-hydrogen) atoms. The Morgan fingerprint density at radius 2 is 2.25 bits per heavy atom. The van der Waals surface area contributed by atoms with Gasteiger partial charge in [0.1, 0.15) is 17.3 Å². The zero-order chi connectivity index (χ0) is 11.5. The molecule has 84 valence electrons. The van der Waals surface area contributed by atoms with Crippen molar-refractivity contribution in [3.8, 4) is 22.9 Å². The molecule has 1 heterocycles. The molecule has 0 radical (unpaired) electrons. The van der Waals surface area contributed by atoms with Crippen LogP contribution in [0.15, 0.2) is 24.4 Å². The number of methoxy groups -OCH3 is 1. The maximum atomic E-state index is 9.82. The molecule has 2 rings (SSSR count). The SMILES string of the molecule is CCc1c[nH]c(-c2ccc(OC)cc2O)n1. The molecular weight excluding hydrogens is 204 g/mol. The normalized spacial score (nSPS) is 10.4. The zero-order valence-electron chi connectivity index (χ0n) is 9.32. The van der Waals surface area contributed by atoms with Gasteiger partial charge in [0.05, 0.1) is 18.4 Å². The summed E-state index contributed by atoms with van der Waals surface area (Å²) < 4.78 is 5.02. The number of benzene rings is 1. The summed E-state index contributed by atoms with van der Waals surface area (Å²) in [6.45, 7) is 2.04. The van der Waals surface area contributed by atoms with Crippen molar-refractivity contribution in [2.75, 3.05) is 7.11 Å². The number of rotatable bonds is 3. The minimum atomic E-state index is 0.163. The molecule has 0 aliphatic rings. The molecule has 1 aromatic carbocycles. The summed E-state index contributed by atoms with van der Waals surface area (Å²) in [5.41, 5.74) is 1.66. The molecule has 2 aromatic rings. The third-order valence-electron chi connectivity index (χ3n) is 2.45. The summed E-state index contributed by atoms with van der Waals surface area (Å²) in [6, 6.07) is 5.15. The van der Waals surface area contributed by atoms with Crippen molar-refractivity contribution in [1.29, 1.82) is 0 Å². The smallest absolute Gasteiger partial charge is 0.141 e. The minimum Gasteiger partial charge on any atom is -0.507 e. The summed E-state index contributed by atoms with van der Waals surface area (Å²) in [5, 5.41) is 9.82. The monoisotopic (exact) mass is 218 g/mol. The molecular formula is C12H14N2O2. The number of imidazole rings is 1. The quantitative estimate of drug-likeness (QED) is 0.831. The van der Waals surface area contributed by atoms with Crippen LogP contribution in [0, 0.1) is 0 Å². The first-order chi connectivity index (χ1) is 7.74. The lowest BCUT2D eigenvalue weighted by Gasteiger charge is -2.04. The van der Waals surface area contributed by atoms with Gasteiger partial charge in [-0.1, -0.05) is 6.92 Å². The molecule has 1 aromatic heterocycles. The van der Waals surface area contributed by atoms with E-state index in [9.17, 15) is 5.11 Å². The van der Waals surface area contributed by atoms with Gasteiger partial charge in [-0.25, -0.2) is 4.98 Å². The maximum absolute atomic E-state index is 9.82. The molecule has 0 atom stereocenters. The summed E-state index contributed by atoms with van der Waals surface area (Å²) in [6.07, 6.45) is 2.71. The van der Waals surface area contributed by atoms with Crippen LogP contribution in [0.4, 0.5) is 0 Å². The second-order valence-corrected chi connectivity index (χ2v) is 3.48. The number of hydrogen-bond acceptors (Lipinski definition) is 3. The van der Waals surface area contributed by atoms with Crippen LogP contribution in [0.25, 0.3) is 11.4 Å². The number of aromatic amines is 1. The number of ether oxygens (including phenoxy) is 1. The first kappa shape index (κ1) is 10.5. The predicted octanol–water partition coefficient (Wildman–Crippen LogP) is 2.35. The topological polar surface area (TPSA) is 58.1 Å². The van der Waals surface area contributed by atoms with Gasteiger partial charge in [0.25, 0.3) is 0 Å². The molecule has 0 aliphatic carbocycles. The molecule has 0 fully saturated rings. The number of aromatic nitrogens is 2. The summed E-state index contributed by atoms with van der Waals surface area (Å²) in [7, 11) is 1.57. The maximum Gasteiger partial charge on any atom is 0.141 e. The Balaban J connectivity index is 2.40. The highest BCUT2D eigenvalue weighted by Crippen LogP contribution is 2.30.